The third-order valence-corrected chi connectivity index (χ3v) is 23.9. The maximum absolute atomic E-state index is 15.3. The first kappa shape index (κ1) is 53.4. The number of phosphoric acid groups is 1. The molecule has 0 radical (unpaired) electrons. The number of nitrogens with zero attached hydrogens (tertiary/aromatic N) is 8. The zero-order chi connectivity index (χ0) is 51.0. The number of benzene rings is 1. The Bertz CT molecular complexity index is 2830. The third-order valence-electron chi connectivity index (χ3n) is 13.1. The summed E-state index contributed by atoms with van der Waals surface area (Å²) in [5.74, 6) is -0.352. The van der Waals surface area contributed by atoms with Gasteiger partial charge in [-0.25, -0.2) is 29.5 Å². The average Bonchev–Trinajstić information content (AvgIpc) is 4.06. The number of aromatic amines is 1. The van der Waals surface area contributed by atoms with Crippen LogP contribution in [0, 0.1) is 11.3 Å². The molecule has 0 aliphatic carbocycles. The van der Waals surface area contributed by atoms with Crippen molar-refractivity contribution in [3.8, 4) is 6.07 Å². The number of nitriles is 1. The zero-order valence-corrected chi connectivity index (χ0v) is 44.4. The molecule has 24 nitrogen and oxygen atoms in total. The van der Waals surface area contributed by atoms with Gasteiger partial charge in [-0.1, -0.05) is 59.7 Å². The molecule has 1 aromatic carbocycles. The molecule has 6 heterocycles. The van der Waals surface area contributed by atoms with Crippen molar-refractivity contribution in [3.05, 3.63) is 71.6 Å². The number of imidazole rings is 2. The quantitative estimate of drug-likeness (QED) is 0.0419. The fraction of sp³-hybridized carbons (Fsp3) is 0.571. The van der Waals surface area contributed by atoms with Crippen LogP contribution in [0.15, 0.2) is 60.4 Å². The molecular formula is C42H60N10O14P2Si2. The van der Waals surface area contributed by atoms with Crippen molar-refractivity contribution in [2.24, 2.45) is 0 Å². The Morgan fingerprint density at radius 1 is 0.871 bits per heavy atom. The Morgan fingerprint density at radius 2 is 1.47 bits per heavy atom. The fourth-order valence-corrected chi connectivity index (χ4v) is 11.6. The molecule has 28 heteroatoms. The van der Waals surface area contributed by atoms with Crippen LogP contribution < -0.4 is 10.9 Å². The lowest BCUT2D eigenvalue weighted by Gasteiger charge is -2.41. The van der Waals surface area contributed by atoms with Crippen LogP contribution in [0.4, 0.5) is 5.82 Å². The lowest BCUT2D eigenvalue weighted by Crippen LogP contribution is -2.50. The van der Waals surface area contributed by atoms with E-state index in [0.29, 0.717) is 5.56 Å². The van der Waals surface area contributed by atoms with Crippen molar-refractivity contribution in [2.45, 2.75) is 133 Å². The molecule has 2 aliphatic rings. The van der Waals surface area contributed by atoms with Crippen LogP contribution in [0.3, 0.4) is 0 Å². The number of hydrogen-bond acceptors (Lipinski definition) is 19. The first-order chi connectivity index (χ1) is 32.8. The topological polar surface area (TPSA) is 308 Å². The minimum atomic E-state index is -4.90. The van der Waals surface area contributed by atoms with Crippen LogP contribution in [0.5, 0.6) is 0 Å². The molecule has 4 N–H and O–H groups in total. The first-order valence-electron chi connectivity index (χ1n) is 22.4. The number of aliphatic hydroxyl groups excluding tert-OH is 1. The van der Waals surface area contributed by atoms with E-state index in [2.05, 4.69) is 35.2 Å². The number of amides is 1. The average molecular weight is 1050 g/mol. The van der Waals surface area contributed by atoms with Crippen molar-refractivity contribution in [1.82, 2.24) is 39.0 Å². The largest absolute Gasteiger partial charge is 0.475 e. The molecular weight excluding hydrogens is 987 g/mol. The molecule has 0 bridgehead atoms. The minimum Gasteiger partial charge on any atom is -0.408 e. The highest BCUT2D eigenvalue weighted by Crippen LogP contribution is 2.56. The van der Waals surface area contributed by atoms with Crippen molar-refractivity contribution < 1.29 is 60.3 Å². The van der Waals surface area contributed by atoms with Gasteiger partial charge in [0.2, 0.25) is 0 Å². The molecule has 5 aromatic rings. The van der Waals surface area contributed by atoms with Gasteiger partial charge in [0.05, 0.1) is 51.3 Å². The van der Waals surface area contributed by atoms with Crippen LogP contribution in [-0.4, -0.2) is 128 Å². The Morgan fingerprint density at radius 3 is 2.11 bits per heavy atom. The standard InChI is InChI=1S/C42H60N10O14P2Si2/c1-41(2,3)69(7,8)65-31-27(62-39(30(31)53)51-24-49-29-36(51)46-22-47-38(29)55)20-61-68(58,60-18-14-17-43)64-32-26(19-59-67(56)57)63-40(33(32)66-70(9,10)42(4,5)6)52-23-48-28-34(44-21-45-35(28)52)50-37(54)25-15-12-11-13-16-25/h11-13,15-16,21-24,26-27,30-33,39-40,53,67H,14,18-20H2,1-10H3,(H,56,57)(H,46,47,55)(H,44,45,50,54)/t26?,27?,30-,31-,32-,33-,39?,40?,68?/m1/s1. The van der Waals surface area contributed by atoms with Crippen LogP contribution in [0.1, 0.15) is 70.8 Å². The summed E-state index contributed by atoms with van der Waals surface area (Å²) >= 11 is 0. The van der Waals surface area contributed by atoms with Gasteiger partial charge in [-0.3, -0.25) is 36.9 Å². The van der Waals surface area contributed by atoms with E-state index >= 15 is 4.57 Å². The highest BCUT2D eigenvalue weighted by molar-refractivity contribution is 7.48. The maximum atomic E-state index is 15.3. The molecule has 4 aromatic heterocycles. The molecule has 70 heavy (non-hydrogen) atoms. The molecule has 2 fully saturated rings. The predicted octanol–water partition coefficient (Wildman–Crippen LogP) is 5.99. The molecule has 0 saturated carbocycles. The third kappa shape index (κ3) is 11.4. The summed E-state index contributed by atoms with van der Waals surface area (Å²) in [4.78, 5) is 60.0. The second-order valence-corrected chi connectivity index (χ2v) is 31.8. The number of anilines is 1. The normalized spacial score (nSPS) is 24.7. The molecule has 380 valence electrons. The minimum absolute atomic E-state index is 0.00612. The highest BCUT2D eigenvalue weighted by atomic mass is 31.2. The number of carbonyl (C=O) groups is 1. The number of fused-ring (bicyclic) bond motifs is 2. The van der Waals surface area contributed by atoms with Crippen LogP contribution in [0.25, 0.3) is 22.3 Å². The number of ether oxygens (including phenoxy) is 2. The number of H-pyrrole nitrogens is 1. The molecule has 2 aliphatic heterocycles. The monoisotopic (exact) mass is 1050 g/mol. The second-order valence-electron chi connectivity index (χ2n) is 19.9. The van der Waals surface area contributed by atoms with Crippen molar-refractivity contribution in [3.63, 3.8) is 0 Å². The van der Waals surface area contributed by atoms with Gasteiger partial charge in [-0.05, 0) is 48.4 Å². The van der Waals surface area contributed by atoms with Crippen LogP contribution >= 0.6 is 16.1 Å². The lowest BCUT2D eigenvalue weighted by molar-refractivity contribution is -0.0591. The second kappa shape index (κ2) is 21.0. The van der Waals surface area contributed by atoms with E-state index in [9.17, 15) is 29.4 Å². The summed E-state index contributed by atoms with van der Waals surface area (Å²) in [5.41, 5.74) is 0.381. The molecule has 10 atom stereocenters. The van der Waals surface area contributed by atoms with E-state index in [0.717, 1.165) is 0 Å². The van der Waals surface area contributed by atoms with Gasteiger partial charge >= 0.3 is 16.1 Å². The lowest BCUT2D eigenvalue weighted by atomic mass is 10.1. The van der Waals surface area contributed by atoms with Crippen LogP contribution in [0.2, 0.25) is 36.3 Å². The van der Waals surface area contributed by atoms with E-state index in [1.165, 1.54) is 34.4 Å². The SMILES string of the molecule is CC(C)(C)[Si](C)(C)O[C@@H]1C(COP(=O)(OCCC#N)O[C@@H]2C(CO[PH](=O)O)OC(n3cnc4c(NC(=O)c5ccccc5)ncnc43)[C@@H]2O[Si](C)(C)C(C)(C)C)OC(n2cnc3c(=O)[nH]cnc32)[C@@H]1O. The summed E-state index contributed by atoms with van der Waals surface area (Å²) in [7, 11) is -14.0. The van der Waals surface area contributed by atoms with Crippen molar-refractivity contribution in [1.29, 1.82) is 5.26 Å². The number of phosphoric ester groups is 1. The highest BCUT2D eigenvalue weighted by Gasteiger charge is 2.56. The van der Waals surface area contributed by atoms with Gasteiger partial charge in [-0.2, -0.15) is 5.26 Å². The van der Waals surface area contributed by atoms with Crippen molar-refractivity contribution >= 4 is 66.8 Å². The Hall–Kier alpha value is -4.43. The smallest absolute Gasteiger partial charge is 0.408 e. The van der Waals surface area contributed by atoms with Gasteiger partial charge in [-0.15, -0.1) is 0 Å². The van der Waals surface area contributed by atoms with E-state index in [-0.39, 0.29) is 39.6 Å². The van der Waals surface area contributed by atoms with E-state index in [1.54, 1.807) is 30.3 Å². The van der Waals surface area contributed by atoms with E-state index in [1.807, 2.05) is 73.8 Å². The number of aromatic nitrogens is 8. The van der Waals surface area contributed by atoms with E-state index < -0.39 is 118 Å². The number of aliphatic hydroxyl groups is 1. The van der Waals surface area contributed by atoms with Crippen LogP contribution in [-0.2, 0) is 45.6 Å². The summed E-state index contributed by atoms with van der Waals surface area (Å²) in [6.45, 7) is 18.4. The number of nitrogens with one attached hydrogen (secondary N) is 2. The number of hydrogen-bond donors (Lipinski definition) is 4. The van der Waals surface area contributed by atoms with E-state index in [4.69, 9.17) is 36.4 Å². The first-order valence-corrected chi connectivity index (χ1v) is 31.0. The molecule has 1 amide bonds. The van der Waals surface area contributed by atoms with Gasteiger partial charge in [0.15, 0.2) is 57.2 Å². The summed E-state index contributed by atoms with van der Waals surface area (Å²) in [6.07, 6.45) is -5.13. The molecule has 7 rings (SSSR count). The molecule has 6 unspecified atom stereocenters. The van der Waals surface area contributed by atoms with Crippen molar-refractivity contribution in [2.75, 3.05) is 25.1 Å². The van der Waals surface area contributed by atoms with Gasteiger partial charge < -0.3 is 43.2 Å². The Kier molecular flexibility index (Phi) is 16.0. The fourth-order valence-electron chi connectivity index (χ4n) is 7.30. The predicted molar refractivity (Wildman–Crippen MR) is 258 cm³/mol. The van der Waals surface area contributed by atoms with Gasteiger partial charge in [0, 0.05) is 5.56 Å². The molecule has 2 saturated heterocycles. The maximum Gasteiger partial charge on any atom is 0.475 e. The molecule has 0 spiro atoms. The van der Waals surface area contributed by atoms with Gasteiger partial charge in [0.25, 0.3) is 11.5 Å². The summed E-state index contributed by atoms with van der Waals surface area (Å²) in [5, 5.41) is 23.5. The summed E-state index contributed by atoms with van der Waals surface area (Å²) < 4.78 is 80.9. The number of carbonyl (C=O) groups excluding carboxylic acids is 1. The Balaban J connectivity index is 1.26. The summed E-state index contributed by atoms with van der Waals surface area (Å²) in [6, 6.07) is 10.5. The van der Waals surface area contributed by atoms with Gasteiger partial charge in [0.1, 0.15) is 43.0 Å². The number of rotatable bonds is 19. The zero-order valence-electron chi connectivity index (χ0n) is 40.5. The Labute approximate surface area is 406 Å².